The Morgan fingerprint density at radius 1 is 1.21 bits per heavy atom. The summed E-state index contributed by atoms with van der Waals surface area (Å²) in [5, 5.41) is 4.78. The molecule has 0 spiro atoms. The maximum Gasteiger partial charge on any atom is 0.378 e. The molecule has 0 N–H and O–H groups in total. The van der Waals surface area contributed by atoms with Gasteiger partial charge in [-0.05, 0) is 26.0 Å². The summed E-state index contributed by atoms with van der Waals surface area (Å²) in [5.41, 5.74) is 0.755. The molecule has 0 radical (unpaired) electrons. The second-order valence-electron chi connectivity index (χ2n) is 5.05. The van der Waals surface area contributed by atoms with Crippen molar-refractivity contribution in [3.8, 4) is 0 Å². The molecule has 0 saturated heterocycles. The Balaban J connectivity index is 2.05. The molecular weight excluding hydrogens is 312 g/mol. The Hall–Kier alpha value is -2.74. The van der Waals surface area contributed by atoms with Crippen LogP contribution in [-0.2, 0) is 16.0 Å². The molecule has 0 atom stereocenters. The number of carbonyl (C=O) groups is 1. The number of nitrogens with zero attached hydrogens (tertiary/aromatic N) is 4. The van der Waals surface area contributed by atoms with E-state index in [9.17, 15) is 9.59 Å². The van der Waals surface area contributed by atoms with E-state index in [1.165, 1.54) is 0 Å². The number of hydrogen-bond donors (Lipinski definition) is 0. The van der Waals surface area contributed by atoms with Crippen molar-refractivity contribution < 1.29 is 14.3 Å². The molecule has 126 valence electrons. The summed E-state index contributed by atoms with van der Waals surface area (Å²) < 4.78 is 12.9. The second-order valence-corrected chi connectivity index (χ2v) is 5.05. The molecule has 1 aromatic carbocycles. The Kier molecular flexibility index (Phi) is 4.57. The van der Waals surface area contributed by atoms with Crippen LogP contribution in [0.25, 0.3) is 16.6 Å². The summed E-state index contributed by atoms with van der Waals surface area (Å²) in [4.78, 5) is 28.8. The van der Waals surface area contributed by atoms with Crippen LogP contribution in [-0.4, -0.2) is 45.0 Å². The number of ether oxygens (including phenoxy) is 2. The van der Waals surface area contributed by atoms with Crippen LogP contribution in [0.5, 0.6) is 0 Å². The van der Waals surface area contributed by atoms with Gasteiger partial charge in [-0.15, -0.1) is 5.10 Å². The van der Waals surface area contributed by atoms with Crippen LogP contribution in [0.15, 0.2) is 29.1 Å². The molecule has 3 aromatic rings. The van der Waals surface area contributed by atoms with Gasteiger partial charge in [0.25, 0.3) is 5.82 Å². The standard InChI is InChI=1S/C16H18N4O4/c1-3-19-12-8-6-5-7-11(12)14-17-13(18-20(14)16(19)22)15(21)24-10-9-23-4-2/h5-8H,3-4,9-10H2,1-2H3. The lowest BCUT2D eigenvalue weighted by molar-refractivity contribution is 0.0323. The third kappa shape index (κ3) is 2.76. The molecule has 0 aliphatic rings. The van der Waals surface area contributed by atoms with Crippen molar-refractivity contribution in [3.63, 3.8) is 0 Å². The summed E-state index contributed by atoms with van der Waals surface area (Å²) in [6, 6.07) is 7.38. The number of para-hydroxylation sites is 1. The van der Waals surface area contributed by atoms with Gasteiger partial charge in [-0.3, -0.25) is 4.57 Å². The van der Waals surface area contributed by atoms with Crippen LogP contribution in [0.2, 0.25) is 0 Å². The zero-order chi connectivity index (χ0) is 17.1. The highest BCUT2D eigenvalue weighted by atomic mass is 16.6. The first-order chi connectivity index (χ1) is 11.7. The predicted octanol–water partition coefficient (Wildman–Crippen LogP) is 1.26. The molecule has 8 nitrogen and oxygen atoms in total. The number of fused-ring (bicyclic) bond motifs is 3. The van der Waals surface area contributed by atoms with Gasteiger partial charge in [-0.1, -0.05) is 12.1 Å². The van der Waals surface area contributed by atoms with Gasteiger partial charge in [0.15, 0.2) is 5.65 Å². The van der Waals surface area contributed by atoms with Crippen LogP contribution in [0, 0.1) is 0 Å². The molecule has 2 aromatic heterocycles. The summed E-state index contributed by atoms with van der Waals surface area (Å²) in [7, 11) is 0. The molecule has 0 unspecified atom stereocenters. The minimum absolute atomic E-state index is 0.113. The molecular formula is C16H18N4O4. The number of rotatable bonds is 6. The van der Waals surface area contributed by atoms with Crippen LogP contribution in [0.3, 0.4) is 0 Å². The van der Waals surface area contributed by atoms with Crippen LogP contribution >= 0.6 is 0 Å². The molecule has 24 heavy (non-hydrogen) atoms. The summed E-state index contributed by atoms with van der Waals surface area (Å²) >= 11 is 0. The lowest BCUT2D eigenvalue weighted by Gasteiger charge is -2.07. The second kappa shape index (κ2) is 6.79. The topological polar surface area (TPSA) is 87.7 Å². The maximum atomic E-state index is 12.6. The van der Waals surface area contributed by atoms with E-state index in [0.29, 0.717) is 25.4 Å². The summed E-state index contributed by atoms with van der Waals surface area (Å²) in [5.74, 6) is -0.812. The van der Waals surface area contributed by atoms with Crippen LogP contribution in [0.4, 0.5) is 0 Å². The lowest BCUT2D eigenvalue weighted by Crippen LogP contribution is -2.27. The van der Waals surface area contributed by atoms with Crippen molar-refractivity contribution >= 4 is 22.5 Å². The third-order valence-corrected chi connectivity index (χ3v) is 3.62. The maximum absolute atomic E-state index is 12.6. The minimum Gasteiger partial charge on any atom is -0.457 e. The van der Waals surface area contributed by atoms with E-state index < -0.39 is 5.97 Å². The molecule has 8 heteroatoms. The Morgan fingerprint density at radius 3 is 2.75 bits per heavy atom. The van der Waals surface area contributed by atoms with E-state index in [-0.39, 0.29) is 18.1 Å². The van der Waals surface area contributed by atoms with Gasteiger partial charge < -0.3 is 9.47 Å². The van der Waals surface area contributed by atoms with Gasteiger partial charge in [0.05, 0.1) is 12.1 Å². The van der Waals surface area contributed by atoms with Crippen molar-refractivity contribution in [1.82, 2.24) is 19.2 Å². The van der Waals surface area contributed by atoms with Crippen LogP contribution < -0.4 is 5.69 Å². The minimum atomic E-state index is -0.676. The fourth-order valence-corrected chi connectivity index (χ4v) is 2.53. The first kappa shape index (κ1) is 16.1. The number of hydrogen-bond acceptors (Lipinski definition) is 6. The van der Waals surface area contributed by atoms with E-state index in [4.69, 9.17) is 9.47 Å². The molecule has 0 bridgehead atoms. The average molecular weight is 330 g/mol. The van der Waals surface area contributed by atoms with Crippen LogP contribution in [0.1, 0.15) is 24.5 Å². The van der Waals surface area contributed by atoms with E-state index in [1.54, 1.807) is 4.57 Å². The van der Waals surface area contributed by atoms with Crippen molar-refractivity contribution in [2.75, 3.05) is 19.8 Å². The number of esters is 1. The normalized spacial score (nSPS) is 11.2. The zero-order valence-electron chi connectivity index (χ0n) is 13.6. The zero-order valence-corrected chi connectivity index (χ0v) is 13.6. The molecule has 0 aliphatic heterocycles. The van der Waals surface area contributed by atoms with Crippen molar-refractivity contribution in [1.29, 1.82) is 0 Å². The van der Waals surface area contributed by atoms with Gasteiger partial charge in [0.2, 0.25) is 0 Å². The Labute approximate surface area is 137 Å². The van der Waals surface area contributed by atoms with Gasteiger partial charge in [0.1, 0.15) is 6.61 Å². The number of aryl methyl sites for hydroxylation is 1. The first-order valence-corrected chi connectivity index (χ1v) is 7.80. The third-order valence-electron chi connectivity index (χ3n) is 3.62. The molecule has 0 amide bonds. The SMILES string of the molecule is CCOCCOC(=O)c1nc2c3ccccc3n(CC)c(=O)n2n1. The van der Waals surface area contributed by atoms with E-state index in [1.807, 2.05) is 38.1 Å². The number of aromatic nitrogens is 4. The molecule has 0 saturated carbocycles. The van der Waals surface area contributed by atoms with E-state index in [2.05, 4.69) is 10.1 Å². The number of carbonyl (C=O) groups excluding carboxylic acids is 1. The predicted molar refractivity (Wildman–Crippen MR) is 87.2 cm³/mol. The van der Waals surface area contributed by atoms with Gasteiger partial charge in [0, 0.05) is 18.5 Å². The highest BCUT2D eigenvalue weighted by Gasteiger charge is 2.19. The van der Waals surface area contributed by atoms with E-state index in [0.717, 1.165) is 15.4 Å². The van der Waals surface area contributed by atoms with Crippen molar-refractivity contribution in [3.05, 3.63) is 40.6 Å². The first-order valence-electron chi connectivity index (χ1n) is 7.80. The average Bonchev–Trinajstić information content (AvgIpc) is 3.05. The van der Waals surface area contributed by atoms with Gasteiger partial charge >= 0.3 is 11.7 Å². The molecule has 0 fully saturated rings. The smallest absolute Gasteiger partial charge is 0.378 e. The fraction of sp³-hybridized carbons (Fsp3) is 0.375. The highest BCUT2D eigenvalue weighted by molar-refractivity contribution is 5.93. The Morgan fingerprint density at radius 2 is 2.00 bits per heavy atom. The highest BCUT2D eigenvalue weighted by Crippen LogP contribution is 2.16. The summed E-state index contributed by atoms with van der Waals surface area (Å²) in [6.07, 6.45) is 0. The number of benzene rings is 1. The largest absolute Gasteiger partial charge is 0.457 e. The van der Waals surface area contributed by atoms with Gasteiger partial charge in [-0.25, -0.2) is 14.6 Å². The Bertz CT molecular complexity index is 944. The van der Waals surface area contributed by atoms with Gasteiger partial charge in [-0.2, -0.15) is 4.52 Å². The fourth-order valence-electron chi connectivity index (χ4n) is 2.53. The van der Waals surface area contributed by atoms with E-state index >= 15 is 0 Å². The summed E-state index contributed by atoms with van der Waals surface area (Å²) in [6.45, 7) is 5.19. The monoisotopic (exact) mass is 330 g/mol. The molecule has 2 heterocycles. The van der Waals surface area contributed by atoms with Crippen molar-refractivity contribution in [2.24, 2.45) is 0 Å². The quantitative estimate of drug-likeness (QED) is 0.499. The lowest BCUT2D eigenvalue weighted by atomic mass is 10.2. The molecule has 0 aliphatic carbocycles. The van der Waals surface area contributed by atoms with Crippen molar-refractivity contribution in [2.45, 2.75) is 20.4 Å². The molecule has 3 rings (SSSR count).